The van der Waals surface area contributed by atoms with Gasteiger partial charge in [0.15, 0.2) is 5.96 Å². The first kappa shape index (κ1) is 18.4. The van der Waals surface area contributed by atoms with Crippen LogP contribution in [0.25, 0.3) is 0 Å². The van der Waals surface area contributed by atoms with Crippen LogP contribution < -0.4 is 5.32 Å². The molecule has 4 aliphatic heterocycles. The largest absolute Gasteiger partial charge is 0.381 e. The number of nitrogens with zero attached hydrogens (tertiary/aromatic N) is 2. The number of likely N-dealkylation sites (tertiary alicyclic amines) is 1. The lowest BCUT2D eigenvalue weighted by Crippen LogP contribution is -2.49. The molecule has 1 aromatic carbocycles. The number of ether oxygens (including phenoxy) is 2. The Labute approximate surface area is 166 Å². The summed E-state index contributed by atoms with van der Waals surface area (Å²) in [6, 6.07) is 7.00. The molecule has 4 fully saturated rings. The average Bonchev–Trinajstić information content (AvgIpc) is 3.43. The lowest BCUT2D eigenvalue weighted by Gasteiger charge is -2.39. The minimum absolute atomic E-state index is 0.0420. The van der Waals surface area contributed by atoms with Crippen LogP contribution in [-0.4, -0.2) is 63.0 Å². The third-order valence-electron chi connectivity index (χ3n) is 7.46. The van der Waals surface area contributed by atoms with Crippen LogP contribution in [-0.2, 0) is 14.9 Å². The van der Waals surface area contributed by atoms with Crippen molar-refractivity contribution in [3.63, 3.8) is 0 Å². The van der Waals surface area contributed by atoms with Crippen molar-refractivity contribution in [3.8, 4) is 0 Å². The zero-order valence-corrected chi connectivity index (χ0v) is 16.6. The second kappa shape index (κ2) is 7.30. The molecule has 0 saturated carbocycles. The first-order valence-corrected chi connectivity index (χ1v) is 10.6. The Balaban J connectivity index is 1.29. The van der Waals surface area contributed by atoms with E-state index in [2.05, 4.69) is 15.2 Å². The number of aliphatic imine (C=N–C) groups is 1. The number of halogens is 1. The van der Waals surface area contributed by atoms with E-state index in [0.717, 1.165) is 51.6 Å². The smallest absolute Gasteiger partial charge is 0.193 e. The van der Waals surface area contributed by atoms with Gasteiger partial charge in [-0.1, -0.05) is 12.1 Å². The summed E-state index contributed by atoms with van der Waals surface area (Å²) in [7, 11) is 1.87. The van der Waals surface area contributed by atoms with Crippen LogP contribution in [0.4, 0.5) is 4.39 Å². The van der Waals surface area contributed by atoms with E-state index in [1.54, 1.807) is 12.1 Å². The highest BCUT2D eigenvalue weighted by atomic mass is 19.1. The van der Waals surface area contributed by atoms with Crippen LogP contribution in [0.5, 0.6) is 0 Å². The maximum absolute atomic E-state index is 13.5. The monoisotopic (exact) mass is 387 g/mol. The molecule has 152 valence electrons. The standard InChI is InChI=1S/C22H30FN3O2/c1-24-21(26-12-17-18(13-26)20-7-6-19(17)28-20)25-14-22(8-10-27-11-9-22)15-2-4-16(23)5-3-15/h2-5,17-20H,6-14H2,1H3,(H,24,25). The van der Waals surface area contributed by atoms with Crippen molar-refractivity contribution in [2.75, 3.05) is 39.9 Å². The molecule has 5 rings (SSSR count). The first-order chi connectivity index (χ1) is 13.7. The van der Waals surface area contributed by atoms with Crippen molar-refractivity contribution in [2.24, 2.45) is 16.8 Å². The SMILES string of the molecule is CN=C(NCC1(c2ccc(F)cc2)CCOCC1)N1CC2C3CCC(O3)C2C1. The molecule has 4 aliphatic rings. The highest BCUT2D eigenvalue weighted by Gasteiger charge is 2.53. The van der Waals surface area contributed by atoms with Crippen LogP contribution >= 0.6 is 0 Å². The Hall–Kier alpha value is -1.66. The van der Waals surface area contributed by atoms with Crippen molar-refractivity contribution in [2.45, 2.75) is 43.3 Å². The topological polar surface area (TPSA) is 46.1 Å². The van der Waals surface area contributed by atoms with Crippen LogP contribution in [0.3, 0.4) is 0 Å². The Bertz CT molecular complexity index is 714. The molecule has 1 N–H and O–H groups in total. The lowest BCUT2D eigenvalue weighted by molar-refractivity contribution is 0.0510. The molecular formula is C22H30FN3O2. The van der Waals surface area contributed by atoms with E-state index in [4.69, 9.17) is 9.47 Å². The van der Waals surface area contributed by atoms with E-state index < -0.39 is 0 Å². The highest BCUT2D eigenvalue weighted by Crippen LogP contribution is 2.47. The predicted molar refractivity (Wildman–Crippen MR) is 106 cm³/mol. The molecule has 4 saturated heterocycles. The number of hydrogen-bond acceptors (Lipinski definition) is 3. The molecule has 2 bridgehead atoms. The highest BCUT2D eigenvalue weighted by molar-refractivity contribution is 5.80. The van der Waals surface area contributed by atoms with Gasteiger partial charge in [0.25, 0.3) is 0 Å². The van der Waals surface area contributed by atoms with Gasteiger partial charge < -0.3 is 19.7 Å². The predicted octanol–water partition coefficient (Wildman–Crippen LogP) is 2.56. The molecule has 1 aromatic rings. The summed E-state index contributed by atoms with van der Waals surface area (Å²) >= 11 is 0. The maximum Gasteiger partial charge on any atom is 0.193 e. The molecule has 4 unspecified atom stereocenters. The summed E-state index contributed by atoms with van der Waals surface area (Å²) in [6.45, 7) is 4.36. The van der Waals surface area contributed by atoms with Gasteiger partial charge in [0, 0.05) is 57.1 Å². The Morgan fingerprint density at radius 3 is 2.39 bits per heavy atom. The van der Waals surface area contributed by atoms with E-state index in [1.165, 1.54) is 18.4 Å². The molecule has 0 radical (unpaired) electrons. The molecular weight excluding hydrogens is 357 g/mol. The molecule has 28 heavy (non-hydrogen) atoms. The van der Waals surface area contributed by atoms with Crippen LogP contribution in [0.1, 0.15) is 31.2 Å². The van der Waals surface area contributed by atoms with Gasteiger partial charge in [0.05, 0.1) is 12.2 Å². The van der Waals surface area contributed by atoms with Gasteiger partial charge in [-0.15, -0.1) is 0 Å². The quantitative estimate of drug-likeness (QED) is 0.640. The molecule has 0 amide bonds. The fourth-order valence-electron chi connectivity index (χ4n) is 5.85. The normalized spacial score (nSPS) is 33.9. The van der Waals surface area contributed by atoms with Crippen molar-refractivity contribution < 1.29 is 13.9 Å². The van der Waals surface area contributed by atoms with Crippen LogP contribution in [0, 0.1) is 17.7 Å². The molecule has 5 nitrogen and oxygen atoms in total. The number of nitrogens with one attached hydrogen (secondary N) is 1. The number of benzene rings is 1. The molecule has 0 aromatic heterocycles. The molecule has 0 spiro atoms. The third kappa shape index (κ3) is 3.11. The first-order valence-electron chi connectivity index (χ1n) is 10.6. The summed E-state index contributed by atoms with van der Waals surface area (Å²) in [5.41, 5.74) is 1.14. The second-order valence-corrected chi connectivity index (χ2v) is 8.82. The number of guanidine groups is 1. The van der Waals surface area contributed by atoms with Gasteiger partial charge in [-0.05, 0) is 43.4 Å². The minimum atomic E-state index is -0.185. The number of rotatable bonds is 3. The van der Waals surface area contributed by atoms with E-state index in [1.807, 2.05) is 19.2 Å². The van der Waals surface area contributed by atoms with Gasteiger partial charge in [-0.2, -0.15) is 0 Å². The minimum Gasteiger partial charge on any atom is -0.381 e. The average molecular weight is 387 g/mol. The zero-order chi connectivity index (χ0) is 19.1. The van der Waals surface area contributed by atoms with E-state index in [-0.39, 0.29) is 11.2 Å². The summed E-state index contributed by atoms with van der Waals surface area (Å²) < 4.78 is 25.2. The Morgan fingerprint density at radius 2 is 1.79 bits per heavy atom. The molecule has 0 aliphatic carbocycles. The van der Waals surface area contributed by atoms with Gasteiger partial charge in [-0.25, -0.2) is 4.39 Å². The summed E-state index contributed by atoms with van der Waals surface area (Å²) in [5, 5.41) is 3.66. The van der Waals surface area contributed by atoms with Crippen LogP contribution in [0.2, 0.25) is 0 Å². The zero-order valence-electron chi connectivity index (χ0n) is 16.6. The van der Waals surface area contributed by atoms with Gasteiger partial charge in [0.1, 0.15) is 5.82 Å². The van der Waals surface area contributed by atoms with E-state index in [9.17, 15) is 4.39 Å². The summed E-state index contributed by atoms with van der Waals surface area (Å²) in [5.74, 6) is 2.12. The van der Waals surface area contributed by atoms with Gasteiger partial charge >= 0.3 is 0 Å². The fraction of sp³-hybridized carbons (Fsp3) is 0.682. The van der Waals surface area contributed by atoms with Gasteiger partial charge in [0.2, 0.25) is 0 Å². The van der Waals surface area contributed by atoms with Gasteiger partial charge in [-0.3, -0.25) is 4.99 Å². The van der Waals surface area contributed by atoms with Crippen molar-refractivity contribution >= 4 is 5.96 Å². The number of fused-ring (bicyclic) bond motifs is 5. The molecule has 6 heteroatoms. The van der Waals surface area contributed by atoms with E-state index >= 15 is 0 Å². The van der Waals surface area contributed by atoms with Crippen LogP contribution in [0.15, 0.2) is 29.3 Å². The summed E-state index contributed by atoms with van der Waals surface area (Å²) in [4.78, 5) is 7.01. The van der Waals surface area contributed by atoms with Crippen molar-refractivity contribution in [1.82, 2.24) is 10.2 Å². The molecule has 4 heterocycles. The number of hydrogen-bond donors (Lipinski definition) is 1. The summed E-state index contributed by atoms with van der Waals surface area (Å²) in [6.07, 6.45) is 5.23. The molecule has 4 atom stereocenters. The second-order valence-electron chi connectivity index (χ2n) is 8.82. The Morgan fingerprint density at radius 1 is 1.14 bits per heavy atom. The van der Waals surface area contributed by atoms with Crippen molar-refractivity contribution in [3.05, 3.63) is 35.6 Å². The van der Waals surface area contributed by atoms with Crippen molar-refractivity contribution in [1.29, 1.82) is 0 Å². The third-order valence-corrected chi connectivity index (χ3v) is 7.46. The maximum atomic E-state index is 13.5. The van der Waals surface area contributed by atoms with E-state index in [0.29, 0.717) is 24.0 Å². The lowest BCUT2D eigenvalue weighted by atomic mass is 9.74. The fourth-order valence-corrected chi connectivity index (χ4v) is 5.85. The Kier molecular flexibility index (Phi) is 4.79.